The van der Waals surface area contributed by atoms with E-state index in [-0.39, 0.29) is 0 Å². The van der Waals surface area contributed by atoms with Gasteiger partial charge in [0.1, 0.15) is 6.29 Å². The fourth-order valence-electron chi connectivity index (χ4n) is 1.40. The molecule has 0 aliphatic carbocycles. The second-order valence-electron chi connectivity index (χ2n) is 2.97. The first-order valence-electron chi connectivity index (χ1n) is 4.45. The van der Waals surface area contributed by atoms with E-state index in [0.717, 1.165) is 11.8 Å². The van der Waals surface area contributed by atoms with Crippen LogP contribution >= 0.6 is 0 Å². The van der Waals surface area contributed by atoms with Crippen LogP contribution in [0.25, 0.3) is 0 Å². The minimum absolute atomic E-state index is 0.376. The smallest absolute Gasteiger partial charge is 0.166 e. The van der Waals surface area contributed by atoms with Gasteiger partial charge >= 0.3 is 0 Å². The topological polar surface area (TPSA) is 44.8 Å². The highest BCUT2D eigenvalue weighted by atomic mass is 16.5. The van der Waals surface area contributed by atoms with Crippen LogP contribution in [0.2, 0.25) is 0 Å². The first kappa shape index (κ1) is 11.5. The number of hydrogen-bond acceptors (Lipinski definition) is 4. The Morgan fingerprint density at radius 2 is 1.93 bits per heavy atom. The predicted octanol–water partition coefficient (Wildman–Crippen LogP) is 1.66. The van der Waals surface area contributed by atoms with Gasteiger partial charge in [0.05, 0.1) is 20.8 Å². The van der Waals surface area contributed by atoms with Gasteiger partial charge in [0.25, 0.3) is 0 Å². The highest BCUT2D eigenvalue weighted by Crippen LogP contribution is 2.32. The number of carbonyl (C=O) groups excluding carboxylic acids is 1. The molecule has 0 aliphatic rings. The number of methoxy groups -OCH3 is 3. The monoisotopic (exact) mass is 210 g/mol. The Kier molecular flexibility index (Phi) is 4.12. The quantitative estimate of drug-likeness (QED) is 0.693. The van der Waals surface area contributed by atoms with E-state index in [2.05, 4.69) is 0 Å². The molecular formula is C11H14O4. The first-order chi connectivity index (χ1) is 7.26. The summed E-state index contributed by atoms with van der Waals surface area (Å²) in [5.41, 5.74) is 1.33. The summed E-state index contributed by atoms with van der Waals surface area (Å²) in [5, 5.41) is 0. The van der Waals surface area contributed by atoms with Crippen LogP contribution < -0.4 is 9.47 Å². The number of carbonyl (C=O) groups is 1. The van der Waals surface area contributed by atoms with E-state index < -0.39 is 0 Å². The summed E-state index contributed by atoms with van der Waals surface area (Å²) in [7, 11) is 4.67. The Bertz CT molecular complexity index is 347. The Labute approximate surface area is 88.8 Å². The van der Waals surface area contributed by atoms with Gasteiger partial charge in [-0.3, -0.25) is 4.79 Å². The van der Waals surface area contributed by atoms with Crippen molar-refractivity contribution in [1.82, 2.24) is 0 Å². The largest absolute Gasteiger partial charge is 0.493 e. The van der Waals surface area contributed by atoms with Crippen LogP contribution in [-0.2, 0) is 11.3 Å². The van der Waals surface area contributed by atoms with Crippen molar-refractivity contribution >= 4 is 6.29 Å². The molecule has 4 nitrogen and oxygen atoms in total. The third-order valence-corrected chi connectivity index (χ3v) is 2.01. The second-order valence-corrected chi connectivity index (χ2v) is 2.97. The van der Waals surface area contributed by atoms with E-state index >= 15 is 0 Å². The lowest BCUT2D eigenvalue weighted by molar-refractivity contribution is 0.112. The Balaban J connectivity index is 3.25. The minimum atomic E-state index is 0.376. The van der Waals surface area contributed by atoms with Crippen molar-refractivity contribution in [3.8, 4) is 11.5 Å². The molecule has 0 heterocycles. The molecule has 0 atom stereocenters. The highest BCUT2D eigenvalue weighted by Gasteiger charge is 2.11. The van der Waals surface area contributed by atoms with Crippen LogP contribution in [0.3, 0.4) is 0 Å². The van der Waals surface area contributed by atoms with Crippen LogP contribution in [0.4, 0.5) is 0 Å². The van der Waals surface area contributed by atoms with Crippen molar-refractivity contribution in [2.24, 2.45) is 0 Å². The summed E-state index contributed by atoms with van der Waals surface area (Å²) >= 11 is 0. The molecule has 1 rings (SSSR count). The third kappa shape index (κ3) is 2.47. The Morgan fingerprint density at radius 3 is 2.40 bits per heavy atom. The van der Waals surface area contributed by atoms with E-state index in [1.54, 1.807) is 26.4 Å². The first-order valence-corrected chi connectivity index (χ1v) is 4.45. The van der Waals surface area contributed by atoms with E-state index in [4.69, 9.17) is 14.2 Å². The van der Waals surface area contributed by atoms with Gasteiger partial charge < -0.3 is 14.2 Å². The molecule has 0 saturated carbocycles. The molecular weight excluding hydrogens is 196 g/mol. The highest BCUT2D eigenvalue weighted by molar-refractivity contribution is 5.77. The number of hydrogen-bond donors (Lipinski definition) is 0. The Morgan fingerprint density at radius 1 is 1.20 bits per heavy atom. The van der Waals surface area contributed by atoms with Gasteiger partial charge in [-0.05, 0) is 12.1 Å². The maximum atomic E-state index is 10.7. The van der Waals surface area contributed by atoms with Gasteiger partial charge in [-0.1, -0.05) is 0 Å². The van der Waals surface area contributed by atoms with Gasteiger partial charge in [0.2, 0.25) is 0 Å². The maximum absolute atomic E-state index is 10.7. The van der Waals surface area contributed by atoms with Gasteiger partial charge in [-0.15, -0.1) is 0 Å². The van der Waals surface area contributed by atoms with Crippen molar-refractivity contribution in [3.63, 3.8) is 0 Å². The lowest BCUT2D eigenvalue weighted by Gasteiger charge is -2.12. The van der Waals surface area contributed by atoms with Crippen molar-refractivity contribution in [2.45, 2.75) is 6.61 Å². The molecule has 0 saturated heterocycles. The average molecular weight is 210 g/mol. The summed E-state index contributed by atoms with van der Waals surface area (Å²) in [5.74, 6) is 1.14. The van der Waals surface area contributed by atoms with Crippen LogP contribution in [0.5, 0.6) is 11.5 Å². The third-order valence-electron chi connectivity index (χ3n) is 2.01. The molecule has 4 heteroatoms. The van der Waals surface area contributed by atoms with Gasteiger partial charge in [-0.25, -0.2) is 0 Å². The van der Waals surface area contributed by atoms with Crippen LogP contribution in [0.1, 0.15) is 15.9 Å². The molecule has 1 aromatic rings. The fraction of sp³-hybridized carbons (Fsp3) is 0.364. The zero-order valence-electron chi connectivity index (χ0n) is 9.07. The van der Waals surface area contributed by atoms with Crippen molar-refractivity contribution < 1.29 is 19.0 Å². The van der Waals surface area contributed by atoms with Crippen LogP contribution in [0, 0.1) is 0 Å². The fourth-order valence-corrected chi connectivity index (χ4v) is 1.40. The lowest BCUT2D eigenvalue weighted by atomic mass is 10.1. The van der Waals surface area contributed by atoms with Crippen molar-refractivity contribution in [2.75, 3.05) is 21.3 Å². The van der Waals surface area contributed by atoms with Crippen LogP contribution in [0.15, 0.2) is 12.1 Å². The molecule has 0 aromatic heterocycles. The molecule has 0 N–H and O–H groups in total. The van der Waals surface area contributed by atoms with Gasteiger partial charge in [-0.2, -0.15) is 0 Å². The summed E-state index contributed by atoms with van der Waals surface area (Å²) in [4.78, 5) is 10.7. The van der Waals surface area contributed by atoms with E-state index in [1.807, 2.05) is 0 Å². The molecule has 0 aliphatic heterocycles. The minimum Gasteiger partial charge on any atom is -0.493 e. The molecule has 0 bridgehead atoms. The molecule has 0 radical (unpaired) electrons. The van der Waals surface area contributed by atoms with E-state index in [9.17, 15) is 4.79 Å². The van der Waals surface area contributed by atoms with Crippen molar-refractivity contribution in [1.29, 1.82) is 0 Å². The number of rotatable bonds is 5. The lowest BCUT2D eigenvalue weighted by Crippen LogP contribution is -1.99. The molecule has 0 spiro atoms. The molecule has 82 valence electrons. The summed E-state index contributed by atoms with van der Waals surface area (Å²) in [6.07, 6.45) is 0.765. The Hall–Kier alpha value is -1.55. The molecule has 0 unspecified atom stereocenters. The van der Waals surface area contributed by atoms with Crippen LogP contribution in [-0.4, -0.2) is 27.6 Å². The van der Waals surface area contributed by atoms with Crippen molar-refractivity contribution in [3.05, 3.63) is 23.3 Å². The zero-order chi connectivity index (χ0) is 11.3. The summed E-state index contributed by atoms with van der Waals surface area (Å²) < 4.78 is 15.3. The zero-order valence-corrected chi connectivity index (χ0v) is 9.07. The van der Waals surface area contributed by atoms with Gasteiger partial charge in [0.15, 0.2) is 11.5 Å². The maximum Gasteiger partial charge on any atom is 0.166 e. The summed E-state index contributed by atoms with van der Waals surface area (Å²) in [6.45, 7) is 0.376. The molecule has 0 amide bonds. The van der Waals surface area contributed by atoms with E-state index in [1.165, 1.54) is 7.11 Å². The number of benzene rings is 1. The molecule has 0 fully saturated rings. The van der Waals surface area contributed by atoms with E-state index in [0.29, 0.717) is 23.7 Å². The number of ether oxygens (including phenoxy) is 3. The molecule has 15 heavy (non-hydrogen) atoms. The van der Waals surface area contributed by atoms with Gasteiger partial charge in [0, 0.05) is 18.2 Å². The second kappa shape index (κ2) is 5.36. The number of aldehydes is 1. The summed E-state index contributed by atoms with van der Waals surface area (Å²) in [6, 6.07) is 3.35. The predicted molar refractivity (Wildman–Crippen MR) is 55.6 cm³/mol. The average Bonchev–Trinajstić information content (AvgIpc) is 2.28. The molecule has 1 aromatic carbocycles. The standard InChI is InChI=1S/C11H14O4/c1-13-7-9-4-8(6-12)5-10(14-2)11(9)15-3/h4-6H,7H2,1-3H3. The normalized spacial score (nSPS) is 9.80. The SMILES string of the molecule is COCc1cc(C=O)cc(OC)c1OC.